The van der Waals surface area contributed by atoms with Crippen molar-refractivity contribution in [2.45, 2.75) is 39.4 Å². The third-order valence-electron chi connectivity index (χ3n) is 4.14. The summed E-state index contributed by atoms with van der Waals surface area (Å²) >= 11 is 0. The fourth-order valence-electron chi connectivity index (χ4n) is 2.43. The number of alkyl halides is 3. The highest BCUT2D eigenvalue weighted by atomic mass is 19.4. The predicted molar refractivity (Wildman–Crippen MR) is 93.2 cm³/mol. The zero-order chi connectivity index (χ0) is 19.8. The van der Waals surface area contributed by atoms with Crippen LogP contribution in [-0.4, -0.2) is 31.5 Å². The Morgan fingerprint density at radius 2 is 1.89 bits per heavy atom. The standard InChI is InChI=1S/C18H18F3N5O/c1-4-11(3)22-16(27)15-24-17-23-13(12-7-5-10(2)6-8-12)9-14(18(19,20)21)26(17)25-15/h5-9,11H,4H2,1-3H3,(H,22,27). The lowest BCUT2D eigenvalue weighted by Crippen LogP contribution is -2.32. The van der Waals surface area contributed by atoms with Crippen molar-refractivity contribution >= 4 is 11.7 Å². The Balaban J connectivity index is 2.13. The first-order valence-electron chi connectivity index (χ1n) is 8.42. The van der Waals surface area contributed by atoms with Crippen LogP contribution >= 0.6 is 0 Å². The van der Waals surface area contributed by atoms with Crippen molar-refractivity contribution in [3.05, 3.63) is 47.4 Å². The number of rotatable bonds is 4. The molecule has 1 unspecified atom stereocenters. The van der Waals surface area contributed by atoms with E-state index in [9.17, 15) is 18.0 Å². The molecular weight excluding hydrogens is 359 g/mol. The number of carbonyl (C=O) groups excluding carboxylic acids is 1. The highest BCUT2D eigenvalue weighted by molar-refractivity contribution is 5.91. The summed E-state index contributed by atoms with van der Waals surface area (Å²) in [4.78, 5) is 20.2. The van der Waals surface area contributed by atoms with Crippen molar-refractivity contribution in [3.63, 3.8) is 0 Å². The lowest BCUT2D eigenvalue weighted by molar-refractivity contribution is -0.142. The summed E-state index contributed by atoms with van der Waals surface area (Å²) in [6.07, 6.45) is -4.01. The zero-order valence-corrected chi connectivity index (χ0v) is 15.0. The molecule has 0 fully saturated rings. The molecule has 0 aliphatic rings. The van der Waals surface area contributed by atoms with Crippen LogP contribution in [0.15, 0.2) is 30.3 Å². The lowest BCUT2D eigenvalue weighted by Gasteiger charge is -2.10. The van der Waals surface area contributed by atoms with Gasteiger partial charge in [0.05, 0.1) is 5.69 Å². The first kappa shape index (κ1) is 18.8. The van der Waals surface area contributed by atoms with Gasteiger partial charge in [-0.3, -0.25) is 4.79 Å². The van der Waals surface area contributed by atoms with E-state index < -0.39 is 17.8 Å². The maximum Gasteiger partial charge on any atom is 0.433 e. The van der Waals surface area contributed by atoms with E-state index in [4.69, 9.17) is 0 Å². The Morgan fingerprint density at radius 3 is 2.48 bits per heavy atom. The highest BCUT2D eigenvalue weighted by Crippen LogP contribution is 2.31. The van der Waals surface area contributed by atoms with Gasteiger partial charge in [0.15, 0.2) is 5.69 Å². The van der Waals surface area contributed by atoms with Crippen molar-refractivity contribution in [1.82, 2.24) is 24.9 Å². The van der Waals surface area contributed by atoms with Crippen LogP contribution in [0.3, 0.4) is 0 Å². The van der Waals surface area contributed by atoms with Gasteiger partial charge in [-0.2, -0.15) is 22.7 Å². The molecule has 0 aliphatic heterocycles. The number of hydrogen-bond donors (Lipinski definition) is 1. The van der Waals surface area contributed by atoms with Crippen LogP contribution in [-0.2, 0) is 6.18 Å². The average Bonchev–Trinajstić information content (AvgIpc) is 3.04. The molecule has 0 spiro atoms. The summed E-state index contributed by atoms with van der Waals surface area (Å²) < 4.78 is 41.2. The molecule has 0 bridgehead atoms. The van der Waals surface area contributed by atoms with Gasteiger partial charge in [-0.1, -0.05) is 36.8 Å². The second-order valence-electron chi connectivity index (χ2n) is 6.32. The number of carbonyl (C=O) groups is 1. The molecule has 3 rings (SSSR count). The van der Waals surface area contributed by atoms with Crippen LogP contribution in [0.4, 0.5) is 13.2 Å². The molecule has 1 aromatic carbocycles. The SMILES string of the molecule is CCC(C)NC(=O)c1nc2nc(-c3ccc(C)cc3)cc(C(F)(F)F)n2n1. The van der Waals surface area contributed by atoms with Gasteiger partial charge < -0.3 is 5.32 Å². The van der Waals surface area contributed by atoms with Crippen molar-refractivity contribution in [2.24, 2.45) is 0 Å². The van der Waals surface area contributed by atoms with Crippen LogP contribution in [0.25, 0.3) is 17.0 Å². The van der Waals surface area contributed by atoms with Gasteiger partial charge in [0.1, 0.15) is 0 Å². The van der Waals surface area contributed by atoms with Gasteiger partial charge in [0, 0.05) is 11.6 Å². The van der Waals surface area contributed by atoms with Crippen molar-refractivity contribution < 1.29 is 18.0 Å². The minimum atomic E-state index is -4.68. The Kier molecular flexibility index (Phi) is 4.86. The van der Waals surface area contributed by atoms with E-state index in [-0.39, 0.29) is 23.3 Å². The summed E-state index contributed by atoms with van der Waals surface area (Å²) in [6, 6.07) is 7.68. The number of halogens is 3. The highest BCUT2D eigenvalue weighted by Gasteiger charge is 2.36. The molecule has 0 saturated carbocycles. The molecule has 0 radical (unpaired) electrons. The molecule has 1 atom stereocenters. The molecule has 3 aromatic rings. The quantitative estimate of drug-likeness (QED) is 0.753. The maximum absolute atomic E-state index is 13.5. The summed E-state index contributed by atoms with van der Waals surface area (Å²) in [7, 11) is 0. The molecular formula is C18H18F3N5O. The number of aromatic nitrogens is 4. The van der Waals surface area contributed by atoms with Crippen LogP contribution in [0, 0.1) is 6.92 Å². The Hall–Kier alpha value is -2.97. The number of hydrogen-bond acceptors (Lipinski definition) is 4. The van der Waals surface area contributed by atoms with Gasteiger partial charge in [-0.15, -0.1) is 5.10 Å². The largest absolute Gasteiger partial charge is 0.433 e. The van der Waals surface area contributed by atoms with Crippen molar-refractivity contribution in [2.75, 3.05) is 0 Å². The monoisotopic (exact) mass is 377 g/mol. The molecule has 0 aliphatic carbocycles. The van der Waals surface area contributed by atoms with E-state index in [0.717, 1.165) is 11.6 Å². The van der Waals surface area contributed by atoms with Crippen LogP contribution in [0.1, 0.15) is 42.1 Å². The molecule has 2 heterocycles. The lowest BCUT2D eigenvalue weighted by atomic mass is 10.1. The van der Waals surface area contributed by atoms with E-state index in [1.165, 1.54) is 0 Å². The van der Waals surface area contributed by atoms with E-state index in [1.54, 1.807) is 31.2 Å². The predicted octanol–water partition coefficient (Wildman–Crippen LogP) is 3.65. The van der Waals surface area contributed by atoms with Gasteiger partial charge in [-0.25, -0.2) is 4.98 Å². The summed E-state index contributed by atoms with van der Waals surface area (Å²) in [5, 5.41) is 6.36. The molecule has 0 saturated heterocycles. The number of amides is 1. The van der Waals surface area contributed by atoms with Crippen molar-refractivity contribution in [1.29, 1.82) is 0 Å². The normalized spacial score (nSPS) is 13.0. The molecule has 1 N–H and O–H groups in total. The fourth-order valence-corrected chi connectivity index (χ4v) is 2.43. The van der Waals surface area contributed by atoms with Crippen LogP contribution in [0.5, 0.6) is 0 Å². The molecule has 9 heteroatoms. The number of nitrogens with zero attached hydrogens (tertiary/aromatic N) is 4. The first-order chi connectivity index (χ1) is 12.7. The van der Waals surface area contributed by atoms with Gasteiger partial charge >= 0.3 is 6.18 Å². The first-order valence-corrected chi connectivity index (χ1v) is 8.42. The number of nitrogens with one attached hydrogen (secondary N) is 1. The second kappa shape index (κ2) is 6.98. The average molecular weight is 377 g/mol. The third-order valence-corrected chi connectivity index (χ3v) is 4.14. The van der Waals surface area contributed by atoms with Crippen LogP contribution in [0.2, 0.25) is 0 Å². The summed E-state index contributed by atoms with van der Waals surface area (Å²) in [5.41, 5.74) is 0.554. The minimum Gasteiger partial charge on any atom is -0.347 e. The van der Waals surface area contributed by atoms with Crippen LogP contribution < -0.4 is 5.32 Å². The van der Waals surface area contributed by atoms with E-state index in [0.29, 0.717) is 16.5 Å². The smallest absolute Gasteiger partial charge is 0.347 e. The molecule has 27 heavy (non-hydrogen) atoms. The number of fused-ring (bicyclic) bond motifs is 1. The number of aryl methyl sites for hydroxylation is 1. The fraction of sp³-hybridized carbons (Fsp3) is 0.333. The van der Waals surface area contributed by atoms with Gasteiger partial charge in [-0.05, 0) is 26.3 Å². The maximum atomic E-state index is 13.5. The molecule has 2 aromatic heterocycles. The number of benzene rings is 1. The van der Waals surface area contributed by atoms with E-state index >= 15 is 0 Å². The minimum absolute atomic E-state index is 0.108. The third kappa shape index (κ3) is 3.91. The Labute approximate surface area is 153 Å². The van der Waals surface area contributed by atoms with Gasteiger partial charge in [0.2, 0.25) is 5.82 Å². The Bertz CT molecular complexity index is 979. The molecule has 6 nitrogen and oxygen atoms in total. The Morgan fingerprint density at radius 1 is 1.22 bits per heavy atom. The summed E-state index contributed by atoms with van der Waals surface area (Å²) in [5.74, 6) is -1.27. The topological polar surface area (TPSA) is 72.2 Å². The second-order valence-corrected chi connectivity index (χ2v) is 6.32. The summed E-state index contributed by atoms with van der Waals surface area (Å²) in [6.45, 7) is 5.53. The molecule has 142 valence electrons. The molecule has 1 amide bonds. The van der Waals surface area contributed by atoms with E-state index in [1.807, 2.05) is 13.8 Å². The van der Waals surface area contributed by atoms with E-state index in [2.05, 4.69) is 20.4 Å². The van der Waals surface area contributed by atoms with Crippen molar-refractivity contribution in [3.8, 4) is 11.3 Å². The zero-order valence-electron chi connectivity index (χ0n) is 15.0. The van der Waals surface area contributed by atoms with Gasteiger partial charge in [0.25, 0.3) is 11.7 Å².